The molecule has 17 nitrogen and oxygen atoms in total. The molecule has 2 aromatic heterocycles. The minimum atomic E-state index is -3.75. The van der Waals surface area contributed by atoms with Crippen molar-refractivity contribution in [3.8, 4) is 0 Å². The smallest absolute Gasteiger partial charge is 0.256 e. The Kier molecular flexibility index (Phi) is 15.3. The molecule has 0 aliphatic carbocycles. The van der Waals surface area contributed by atoms with Gasteiger partial charge in [0.2, 0.25) is 20.0 Å². The highest BCUT2D eigenvalue weighted by molar-refractivity contribution is 7.89. The van der Waals surface area contributed by atoms with Crippen molar-refractivity contribution in [1.29, 1.82) is 0 Å². The Labute approximate surface area is 387 Å². The maximum atomic E-state index is 13.4. The average molecular weight is 944 g/mol. The standard InChI is InChI=1S/C47H61N9O8S2/c1-10-55(11-2)65(61,62)32-16-18-38-34(24-32)36(44(57)52-38)26-40-28(5)42(30(7)50-40)46(59)48-20-14-22-54(9)23-15-21-49-47(60)43-29(6)41(51-31(43)8)27-37-35-25-33(17-19-39(35)53-45(37)58)66(63,64)56(12-3)13-4/h16-19,24-27,50-51H,10-15,20-23H2,1-9H3,(H,48,59)(H,49,60)(H,52,57)(H,53,58)/b36-26-,37-27-. The first kappa shape index (κ1) is 49.6. The average Bonchev–Trinajstić information content (AvgIpc) is 3.95. The van der Waals surface area contributed by atoms with Crippen LogP contribution < -0.4 is 21.3 Å². The van der Waals surface area contributed by atoms with Crippen LogP contribution in [0.4, 0.5) is 11.4 Å². The van der Waals surface area contributed by atoms with Crippen molar-refractivity contribution in [2.45, 2.75) is 78.0 Å². The van der Waals surface area contributed by atoms with Gasteiger partial charge >= 0.3 is 0 Å². The van der Waals surface area contributed by atoms with Crippen LogP contribution in [-0.2, 0) is 29.6 Å². The molecule has 0 spiro atoms. The molecule has 354 valence electrons. The Morgan fingerprint density at radius 1 is 0.606 bits per heavy atom. The van der Waals surface area contributed by atoms with Crippen LogP contribution in [-0.4, -0.2) is 123 Å². The monoisotopic (exact) mass is 943 g/mol. The van der Waals surface area contributed by atoms with Gasteiger partial charge in [0.15, 0.2) is 0 Å². The van der Waals surface area contributed by atoms with Crippen molar-refractivity contribution in [2.75, 3.05) is 70.0 Å². The van der Waals surface area contributed by atoms with Gasteiger partial charge in [-0.3, -0.25) is 19.2 Å². The third-order valence-corrected chi connectivity index (χ3v) is 16.3. The molecule has 66 heavy (non-hydrogen) atoms. The highest BCUT2D eigenvalue weighted by atomic mass is 32.2. The number of aromatic amines is 2. The van der Waals surface area contributed by atoms with E-state index in [1.54, 1.807) is 79.7 Å². The molecule has 6 N–H and O–H groups in total. The van der Waals surface area contributed by atoms with Gasteiger partial charge in [0, 0.05) is 84.5 Å². The molecule has 0 radical (unpaired) electrons. The topological polar surface area (TPSA) is 226 Å². The molecule has 2 aliphatic rings. The molecule has 2 aromatic carbocycles. The minimum Gasteiger partial charge on any atom is -0.358 e. The fraction of sp³-hybridized carbons (Fsp3) is 0.404. The van der Waals surface area contributed by atoms with Gasteiger partial charge in [-0.25, -0.2) is 16.8 Å². The fourth-order valence-electron chi connectivity index (χ4n) is 8.56. The second kappa shape index (κ2) is 20.3. The number of anilines is 2. The summed E-state index contributed by atoms with van der Waals surface area (Å²) in [6.07, 6.45) is 4.67. The molecule has 0 saturated heterocycles. The summed E-state index contributed by atoms with van der Waals surface area (Å²) in [4.78, 5) is 61.7. The molecule has 4 heterocycles. The van der Waals surface area contributed by atoms with Crippen LogP contribution in [0.2, 0.25) is 0 Å². The first-order valence-corrected chi connectivity index (χ1v) is 25.1. The zero-order valence-electron chi connectivity index (χ0n) is 39.1. The molecule has 4 amide bonds. The van der Waals surface area contributed by atoms with Crippen molar-refractivity contribution in [3.05, 3.63) is 92.6 Å². The SMILES string of the molecule is CCN(CC)S(=O)(=O)c1ccc2c(c1)/C(=C/c1[nH]c(C)c(C(=O)NCCCN(C)CCCNC(=O)c3c(C)[nH]c(/C=C4\C(=O)Nc5ccc(S(=O)(=O)N(CC)CC)cc54)c3C)c1C)C(=O)N2. The Morgan fingerprint density at radius 2 is 0.970 bits per heavy atom. The number of amides is 4. The van der Waals surface area contributed by atoms with E-state index in [0.717, 1.165) is 0 Å². The maximum absolute atomic E-state index is 13.4. The molecule has 0 atom stereocenters. The number of sulfonamides is 2. The van der Waals surface area contributed by atoms with Crippen molar-refractivity contribution >= 4 is 78.3 Å². The van der Waals surface area contributed by atoms with Crippen LogP contribution in [0.25, 0.3) is 23.3 Å². The number of carbonyl (C=O) groups is 4. The summed E-state index contributed by atoms with van der Waals surface area (Å²) in [6.45, 7) is 17.8. The van der Waals surface area contributed by atoms with Gasteiger partial charge in [-0.15, -0.1) is 0 Å². The van der Waals surface area contributed by atoms with E-state index in [4.69, 9.17) is 0 Å². The summed E-state index contributed by atoms with van der Waals surface area (Å²) in [5.41, 5.74) is 7.26. The zero-order chi connectivity index (χ0) is 48.2. The van der Waals surface area contributed by atoms with Gasteiger partial charge in [0.25, 0.3) is 23.6 Å². The quantitative estimate of drug-likeness (QED) is 0.0486. The van der Waals surface area contributed by atoms with Crippen LogP contribution in [0.1, 0.15) is 106 Å². The van der Waals surface area contributed by atoms with Crippen molar-refractivity contribution < 1.29 is 36.0 Å². The molecule has 0 saturated carbocycles. The van der Waals surface area contributed by atoms with Gasteiger partial charge in [0.1, 0.15) is 0 Å². The number of benzene rings is 2. The summed E-state index contributed by atoms with van der Waals surface area (Å²) < 4.78 is 55.7. The lowest BCUT2D eigenvalue weighted by Gasteiger charge is -2.18. The summed E-state index contributed by atoms with van der Waals surface area (Å²) in [5.74, 6) is -1.23. The third-order valence-electron chi connectivity index (χ3n) is 12.2. The van der Waals surface area contributed by atoms with E-state index >= 15 is 0 Å². The zero-order valence-corrected chi connectivity index (χ0v) is 40.7. The number of aromatic nitrogens is 2. The number of hydrogen-bond acceptors (Lipinski definition) is 9. The van der Waals surface area contributed by atoms with Crippen LogP contribution >= 0.6 is 0 Å². The number of carbonyl (C=O) groups excluding carboxylic acids is 4. The lowest BCUT2D eigenvalue weighted by Crippen LogP contribution is -2.31. The second-order valence-corrected chi connectivity index (χ2v) is 20.3. The number of hydrogen-bond donors (Lipinski definition) is 6. The molecule has 0 fully saturated rings. The molecule has 4 aromatic rings. The Hall–Kier alpha value is -5.86. The summed E-state index contributed by atoms with van der Waals surface area (Å²) >= 11 is 0. The summed E-state index contributed by atoms with van der Waals surface area (Å²) in [5, 5.41) is 11.6. The normalized spacial score (nSPS) is 15.0. The van der Waals surface area contributed by atoms with Gasteiger partial charge in [-0.2, -0.15) is 8.61 Å². The van der Waals surface area contributed by atoms with E-state index in [-0.39, 0.29) is 33.4 Å². The lowest BCUT2D eigenvalue weighted by molar-refractivity contribution is -0.111. The Bertz CT molecular complexity index is 2660. The molecule has 19 heteroatoms. The van der Waals surface area contributed by atoms with Crippen molar-refractivity contribution in [3.63, 3.8) is 0 Å². The van der Waals surface area contributed by atoms with Crippen LogP contribution in [0.3, 0.4) is 0 Å². The molecule has 0 unspecified atom stereocenters. The van der Waals surface area contributed by atoms with E-state index in [1.165, 1.54) is 32.9 Å². The Balaban J connectivity index is 0.994. The van der Waals surface area contributed by atoms with Crippen LogP contribution in [0.5, 0.6) is 0 Å². The molecule has 2 aliphatic heterocycles. The van der Waals surface area contributed by atoms with E-state index in [0.29, 0.717) is 144 Å². The summed E-state index contributed by atoms with van der Waals surface area (Å²) in [6, 6.07) is 9.21. The number of H-pyrrole nitrogens is 2. The predicted molar refractivity (Wildman–Crippen MR) is 258 cm³/mol. The van der Waals surface area contributed by atoms with E-state index < -0.39 is 20.0 Å². The van der Waals surface area contributed by atoms with Crippen LogP contribution in [0, 0.1) is 27.7 Å². The molecular formula is C47H61N9O8S2. The number of aryl methyl sites for hydroxylation is 2. The first-order chi connectivity index (χ1) is 31.3. The fourth-order valence-corrected chi connectivity index (χ4v) is 11.5. The number of fused-ring (bicyclic) bond motifs is 2. The number of nitrogens with zero attached hydrogens (tertiary/aromatic N) is 3. The third kappa shape index (κ3) is 9.95. The number of rotatable bonds is 20. The molecular weight excluding hydrogens is 883 g/mol. The summed E-state index contributed by atoms with van der Waals surface area (Å²) in [7, 11) is -5.52. The van der Waals surface area contributed by atoms with Gasteiger partial charge < -0.3 is 36.1 Å². The van der Waals surface area contributed by atoms with Crippen molar-refractivity contribution in [2.24, 2.45) is 0 Å². The predicted octanol–water partition coefficient (Wildman–Crippen LogP) is 5.49. The molecule has 0 bridgehead atoms. The Morgan fingerprint density at radius 3 is 1.32 bits per heavy atom. The van der Waals surface area contributed by atoms with Gasteiger partial charge in [-0.05, 0) is 120 Å². The van der Waals surface area contributed by atoms with Crippen LogP contribution in [0.15, 0.2) is 46.2 Å². The highest BCUT2D eigenvalue weighted by Gasteiger charge is 2.31. The van der Waals surface area contributed by atoms with Gasteiger partial charge in [-0.1, -0.05) is 27.7 Å². The number of nitrogens with one attached hydrogen (secondary N) is 6. The molecule has 6 rings (SSSR count). The maximum Gasteiger partial charge on any atom is 0.256 e. The second-order valence-electron chi connectivity index (χ2n) is 16.5. The highest BCUT2D eigenvalue weighted by Crippen LogP contribution is 2.38. The first-order valence-electron chi connectivity index (χ1n) is 22.3. The van der Waals surface area contributed by atoms with Crippen molar-refractivity contribution in [1.82, 2.24) is 34.1 Å². The lowest BCUT2D eigenvalue weighted by atomic mass is 10.0. The van der Waals surface area contributed by atoms with E-state index in [9.17, 15) is 36.0 Å². The van der Waals surface area contributed by atoms with E-state index in [1.807, 2.05) is 7.05 Å². The minimum absolute atomic E-state index is 0.0993. The van der Waals surface area contributed by atoms with E-state index in [2.05, 4.69) is 36.1 Å². The largest absolute Gasteiger partial charge is 0.358 e. The van der Waals surface area contributed by atoms with Gasteiger partial charge in [0.05, 0.1) is 32.1 Å².